The van der Waals surface area contributed by atoms with Crippen LogP contribution < -0.4 is 0 Å². The van der Waals surface area contributed by atoms with Crippen molar-refractivity contribution in [2.45, 2.75) is 0 Å². The van der Waals surface area contributed by atoms with Gasteiger partial charge in [-0.15, -0.1) is 0 Å². The number of rotatable bonds is 0. The van der Waals surface area contributed by atoms with Gasteiger partial charge in [-0.05, 0) is 0 Å². The second-order valence-corrected chi connectivity index (χ2v) is 0. The van der Waals surface area contributed by atoms with Crippen molar-refractivity contribution >= 4 is 29.6 Å². The smallest absolute Gasteiger partial charge is 0 e. The first-order valence-corrected chi connectivity index (χ1v) is 0. The molecule has 0 spiro atoms. The molecular formula is Hg4Na. The van der Waals surface area contributed by atoms with Gasteiger partial charge in [-0.3, -0.25) is 0 Å². The molecule has 0 aromatic carbocycles. The van der Waals surface area contributed by atoms with Crippen LogP contribution in [0.3, 0.4) is 0 Å². The Hall–Kier alpha value is 4.74. The first-order chi connectivity index (χ1) is 0. The molecule has 5 heteroatoms. The van der Waals surface area contributed by atoms with Crippen LogP contribution in [0.25, 0.3) is 0 Å². The summed E-state index contributed by atoms with van der Waals surface area (Å²) in [5, 5.41) is 0. The molecule has 0 aliphatic heterocycles. The Morgan fingerprint density at radius 3 is 0.400 bits per heavy atom. The van der Waals surface area contributed by atoms with Crippen molar-refractivity contribution in [3.8, 4) is 0 Å². The second-order valence-electron chi connectivity index (χ2n) is 0. The van der Waals surface area contributed by atoms with Gasteiger partial charge in [-0.2, -0.15) is 0 Å². The van der Waals surface area contributed by atoms with E-state index < -0.39 is 0 Å². The molecule has 5 heavy (non-hydrogen) atoms. The normalized spacial score (nSPS) is 0. The van der Waals surface area contributed by atoms with Crippen LogP contribution in [0, 0.1) is 0 Å². The van der Waals surface area contributed by atoms with Gasteiger partial charge in [-0.25, -0.2) is 0 Å². The van der Waals surface area contributed by atoms with E-state index in [4.69, 9.17) is 0 Å². The standard InChI is InChI=1S/4Hg.Na. The molecule has 0 aliphatic rings. The summed E-state index contributed by atoms with van der Waals surface area (Å²) in [6.07, 6.45) is 0. The molecule has 1 radical (unpaired) electrons. The van der Waals surface area contributed by atoms with Crippen LogP contribution in [0.2, 0.25) is 0 Å². The van der Waals surface area contributed by atoms with Gasteiger partial charge in [0.2, 0.25) is 0 Å². The fourth-order valence-electron chi connectivity index (χ4n) is 0. The average Bonchev–Trinajstić information content (AvgIpc) is 0. The SMILES string of the molecule is [Hg].[Hg].[Hg].[Hg].[Na]. The molecular weight excluding hydrogens is 825 g/mol. The molecule has 0 aromatic heterocycles. The van der Waals surface area contributed by atoms with E-state index in [9.17, 15) is 0 Å². The van der Waals surface area contributed by atoms with E-state index in [0.717, 1.165) is 0 Å². The fourth-order valence-corrected chi connectivity index (χ4v) is 0. The average molecular weight is 825 g/mol. The molecule has 0 nitrogen and oxygen atoms in total. The third kappa shape index (κ3) is 17.7. The molecule has 0 aromatic rings. The third-order valence-electron chi connectivity index (χ3n) is 0. The minimum atomic E-state index is 0. The Bertz CT molecular complexity index is 3.61. The van der Waals surface area contributed by atoms with Crippen LogP contribution in [0.1, 0.15) is 0 Å². The maximum absolute atomic E-state index is 0. The van der Waals surface area contributed by atoms with Gasteiger partial charge in [0.15, 0.2) is 0 Å². The molecule has 0 aliphatic carbocycles. The van der Waals surface area contributed by atoms with E-state index in [-0.39, 0.29) is 140 Å². The van der Waals surface area contributed by atoms with Crippen molar-refractivity contribution in [2.75, 3.05) is 0 Å². The molecule has 0 saturated carbocycles. The van der Waals surface area contributed by atoms with Gasteiger partial charge < -0.3 is 0 Å². The van der Waals surface area contributed by atoms with Crippen LogP contribution in [0.5, 0.6) is 0 Å². The molecule has 0 rings (SSSR count). The van der Waals surface area contributed by atoms with Crippen LogP contribution in [-0.4, -0.2) is 29.6 Å². The summed E-state index contributed by atoms with van der Waals surface area (Å²) in [6.45, 7) is 0. The molecule has 0 unspecified atom stereocenters. The zero-order valence-electron chi connectivity index (χ0n) is 3.83. The van der Waals surface area contributed by atoms with Gasteiger partial charge in [0.05, 0.1) is 0 Å². The zero-order chi connectivity index (χ0) is 0. The summed E-state index contributed by atoms with van der Waals surface area (Å²) in [4.78, 5) is 0. The third-order valence-corrected chi connectivity index (χ3v) is 0. The van der Waals surface area contributed by atoms with Crippen molar-refractivity contribution in [1.82, 2.24) is 0 Å². The van der Waals surface area contributed by atoms with E-state index in [1.54, 1.807) is 0 Å². The molecule has 0 atom stereocenters. The Labute approximate surface area is 136 Å². The zero-order valence-corrected chi connectivity index (χ0v) is 27.8. The summed E-state index contributed by atoms with van der Waals surface area (Å²) in [7, 11) is 0. The van der Waals surface area contributed by atoms with E-state index in [0.29, 0.717) is 0 Å². The van der Waals surface area contributed by atoms with Crippen molar-refractivity contribution in [3.05, 3.63) is 0 Å². The van der Waals surface area contributed by atoms with Crippen molar-refractivity contribution in [3.63, 3.8) is 0 Å². The molecule has 9 valence electrons. The monoisotopic (exact) mass is 831 g/mol. The minimum Gasteiger partial charge on any atom is 0 e. The summed E-state index contributed by atoms with van der Waals surface area (Å²) >= 11 is 0. The molecule has 0 N–H and O–H groups in total. The fraction of sp³-hybridized carbons (Fsp3) is 0. The van der Waals surface area contributed by atoms with E-state index in [2.05, 4.69) is 0 Å². The van der Waals surface area contributed by atoms with Crippen LogP contribution >= 0.6 is 0 Å². The maximum atomic E-state index is 0. The maximum Gasteiger partial charge on any atom is 0 e. The number of hydrogen-bond acceptors (Lipinski definition) is 0. The Morgan fingerprint density at radius 2 is 0.400 bits per heavy atom. The van der Waals surface area contributed by atoms with Crippen LogP contribution in [-0.2, 0) is 111 Å². The quantitative estimate of drug-likeness (QED) is 0.293. The van der Waals surface area contributed by atoms with E-state index >= 15 is 0 Å². The minimum absolute atomic E-state index is 0. The van der Waals surface area contributed by atoms with Gasteiger partial charge in [0.1, 0.15) is 0 Å². The van der Waals surface area contributed by atoms with Gasteiger partial charge in [0.25, 0.3) is 0 Å². The van der Waals surface area contributed by atoms with Crippen LogP contribution in [0.4, 0.5) is 0 Å². The van der Waals surface area contributed by atoms with Crippen LogP contribution in [0.15, 0.2) is 0 Å². The second kappa shape index (κ2) is 23.3. The van der Waals surface area contributed by atoms with E-state index in [1.807, 2.05) is 0 Å². The summed E-state index contributed by atoms with van der Waals surface area (Å²) in [6, 6.07) is 0. The predicted molar refractivity (Wildman–Crippen MR) is 5.75 cm³/mol. The van der Waals surface area contributed by atoms with Gasteiger partial charge in [0, 0.05) is 140 Å². The topological polar surface area (TPSA) is 0 Å². The number of hydrogen-bond donors (Lipinski definition) is 0. The summed E-state index contributed by atoms with van der Waals surface area (Å²) < 4.78 is 0. The van der Waals surface area contributed by atoms with Crippen molar-refractivity contribution in [1.29, 1.82) is 0 Å². The molecule has 0 fully saturated rings. The molecule has 0 bridgehead atoms. The predicted octanol–water partition coefficient (Wildman–Crippen LogP) is -0.391. The summed E-state index contributed by atoms with van der Waals surface area (Å²) in [5.41, 5.74) is 0. The Kier molecular flexibility index (Phi) is 154. The molecule has 0 heterocycles. The summed E-state index contributed by atoms with van der Waals surface area (Å²) in [5.74, 6) is 0. The molecule has 0 saturated heterocycles. The Balaban J connectivity index is 0. The van der Waals surface area contributed by atoms with Gasteiger partial charge in [-0.1, -0.05) is 0 Å². The van der Waals surface area contributed by atoms with Crippen molar-refractivity contribution in [2.24, 2.45) is 0 Å². The molecule has 0 amide bonds. The largest absolute Gasteiger partial charge is 0 e. The van der Waals surface area contributed by atoms with E-state index in [1.165, 1.54) is 0 Å². The Morgan fingerprint density at radius 1 is 0.400 bits per heavy atom. The van der Waals surface area contributed by atoms with Crippen molar-refractivity contribution < 1.29 is 111 Å². The first kappa shape index (κ1) is 33.1. The van der Waals surface area contributed by atoms with Gasteiger partial charge >= 0.3 is 0 Å². The first-order valence-electron chi connectivity index (χ1n) is 0.